The van der Waals surface area contributed by atoms with E-state index in [2.05, 4.69) is 5.32 Å². The van der Waals surface area contributed by atoms with Crippen LogP contribution in [0.3, 0.4) is 0 Å². The minimum absolute atomic E-state index is 0.114. The van der Waals surface area contributed by atoms with Crippen LogP contribution in [0.4, 0.5) is 0 Å². The average Bonchev–Trinajstić information content (AvgIpc) is 2.30. The maximum Gasteiger partial charge on any atom is 0.0989 e. The van der Waals surface area contributed by atoms with E-state index in [0.717, 1.165) is 0 Å². The first-order valence-electron chi connectivity index (χ1n) is 4.31. The van der Waals surface area contributed by atoms with Crippen LogP contribution in [0, 0.1) is 5.92 Å². The van der Waals surface area contributed by atoms with E-state index >= 15 is 0 Å². The second-order valence-corrected chi connectivity index (χ2v) is 3.71. The van der Waals surface area contributed by atoms with Gasteiger partial charge in [0.2, 0.25) is 0 Å². The van der Waals surface area contributed by atoms with Gasteiger partial charge in [-0.3, -0.25) is 0 Å². The van der Waals surface area contributed by atoms with E-state index in [0.29, 0.717) is 0 Å². The van der Waals surface area contributed by atoms with E-state index in [1.54, 1.807) is 0 Å². The minimum atomic E-state index is -0.845. The highest BCUT2D eigenvalue weighted by atomic mass is 16.3. The summed E-state index contributed by atoms with van der Waals surface area (Å²) in [6.45, 7) is 3.79. The molecule has 4 N–H and O–H groups in total. The van der Waals surface area contributed by atoms with Crippen molar-refractivity contribution in [1.29, 1.82) is 0 Å². The fourth-order valence-electron chi connectivity index (χ4n) is 1.64. The SMILES string of the molecule is CC(C)C1NC(CO)C(O)C1O. The van der Waals surface area contributed by atoms with E-state index in [9.17, 15) is 10.2 Å². The molecule has 72 valence electrons. The molecule has 4 atom stereocenters. The molecule has 0 aromatic rings. The standard InChI is InChI=1S/C8H17NO3/c1-4(2)6-8(12)7(11)5(3-10)9-6/h4-12H,3H2,1-2H3. The summed E-state index contributed by atoms with van der Waals surface area (Å²) in [6.07, 6.45) is -1.61. The molecular weight excluding hydrogens is 158 g/mol. The van der Waals surface area contributed by atoms with E-state index < -0.39 is 12.2 Å². The Morgan fingerprint density at radius 3 is 2.08 bits per heavy atom. The third kappa shape index (κ3) is 1.61. The van der Waals surface area contributed by atoms with E-state index in [1.807, 2.05) is 13.8 Å². The number of rotatable bonds is 2. The largest absolute Gasteiger partial charge is 0.395 e. The van der Waals surface area contributed by atoms with Gasteiger partial charge >= 0.3 is 0 Å². The maximum atomic E-state index is 9.51. The zero-order chi connectivity index (χ0) is 9.30. The van der Waals surface area contributed by atoms with Crippen molar-refractivity contribution in [3.63, 3.8) is 0 Å². The molecule has 0 saturated carbocycles. The van der Waals surface area contributed by atoms with Crippen LogP contribution >= 0.6 is 0 Å². The smallest absolute Gasteiger partial charge is 0.0989 e. The van der Waals surface area contributed by atoms with Crippen LogP contribution in [0.2, 0.25) is 0 Å². The summed E-state index contributed by atoms with van der Waals surface area (Å²) in [5.41, 5.74) is 0. The molecular formula is C8H17NO3. The summed E-state index contributed by atoms with van der Waals surface area (Å²) >= 11 is 0. The Kier molecular flexibility index (Phi) is 3.06. The monoisotopic (exact) mass is 175 g/mol. The molecule has 4 heteroatoms. The summed E-state index contributed by atoms with van der Waals surface area (Å²) in [5.74, 6) is 0.256. The molecule has 12 heavy (non-hydrogen) atoms. The zero-order valence-corrected chi connectivity index (χ0v) is 7.44. The predicted molar refractivity (Wildman–Crippen MR) is 44.6 cm³/mol. The fraction of sp³-hybridized carbons (Fsp3) is 1.00. The molecule has 1 heterocycles. The Morgan fingerprint density at radius 1 is 1.25 bits per heavy atom. The summed E-state index contributed by atoms with van der Waals surface area (Å²) < 4.78 is 0. The predicted octanol–water partition coefficient (Wildman–Crippen LogP) is -1.30. The molecule has 0 amide bonds. The summed E-state index contributed by atoms with van der Waals surface area (Å²) in [6, 6.07) is -0.496. The van der Waals surface area contributed by atoms with Crippen molar-refractivity contribution in [3.8, 4) is 0 Å². The Labute approximate surface area is 72.2 Å². The van der Waals surface area contributed by atoms with Gasteiger partial charge in [0.1, 0.15) is 0 Å². The Morgan fingerprint density at radius 2 is 1.83 bits per heavy atom. The van der Waals surface area contributed by atoms with Crippen LogP contribution in [0.5, 0.6) is 0 Å². The second-order valence-electron chi connectivity index (χ2n) is 3.71. The number of hydrogen-bond donors (Lipinski definition) is 4. The topological polar surface area (TPSA) is 72.7 Å². The van der Waals surface area contributed by atoms with E-state index in [4.69, 9.17) is 5.11 Å². The van der Waals surface area contributed by atoms with Crippen molar-refractivity contribution >= 4 is 0 Å². The van der Waals surface area contributed by atoms with Gasteiger partial charge in [-0.2, -0.15) is 0 Å². The van der Waals surface area contributed by atoms with Crippen LogP contribution in [-0.4, -0.2) is 46.2 Å². The highest BCUT2D eigenvalue weighted by Gasteiger charge is 2.41. The van der Waals surface area contributed by atoms with Crippen molar-refractivity contribution in [3.05, 3.63) is 0 Å². The highest BCUT2D eigenvalue weighted by molar-refractivity contribution is 4.98. The van der Waals surface area contributed by atoms with Gasteiger partial charge in [-0.1, -0.05) is 13.8 Å². The quantitative estimate of drug-likeness (QED) is 0.421. The number of hydrogen-bond acceptors (Lipinski definition) is 4. The van der Waals surface area contributed by atoms with Crippen molar-refractivity contribution in [1.82, 2.24) is 5.32 Å². The average molecular weight is 175 g/mol. The third-order valence-electron chi connectivity index (χ3n) is 2.45. The van der Waals surface area contributed by atoms with Gasteiger partial charge in [-0.15, -0.1) is 0 Å². The van der Waals surface area contributed by atoms with Crippen molar-refractivity contribution in [2.24, 2.45) is 5.92 Å². The first kappa shape index (κ1) is 9.92. The lowest BCUT2D eigenvalue weighted by atomic mass is 9.99. The molecule has 1 aliphatic rings. The Balaban J connectivity index is 2.60. The molecule has 4 unspecified atom stereocenters. The van der Waals surface area contributed by atoms with Gasteiger partial charge < -0.3 is 20.6 Å². The molecule has 0 spiro atoms. The molecule has 1 rings (SSSR count). The van der Waals surface area contributed by atoms with Crippen molar-refractivity contribution in [2.75, 3.05) is 6.61 Å². The van der Waals surface area contributed by atoms with Gasteiger partial charge in [0.25, 0.3) is 0 Å². The van der Waals surface area contributed by atoms with Gasteiger partial charge in [0.15, 0.2) is 0 Å². The Hall–Kier alpha value is -0.160. The first-order chi connectivity index (χ1) is 5.57. The maximum absolute atomic E-state index is 9.51. The van der Waals surface area contributed by atoms with Gasteiger partial charge in [0.05, 0.1) is 24.9 Å². The van der Waals surface area contributed by atoms with Crippen LogP contribution in [0.1, 0.15) is 13.8 Å². The minimum Gasteiger partial charge on any atom is -0.395 e. The lowest BCUT2D eigenvalue weighted by molar-refractivity contribution is 0.0147. The zero-order valence-electron chi connectivity index (χ0n) is 7.44. The second kappa shape index (κ2) is 3.70. The molecule has 0 aromatic heterocycles. The van der Waals surface area contributed by atoms with Crippen molar-refractivity contribution < 1.29 is 15.3 Å². The Bertz CT molecular complexity index is 151. The van der Waals surface area contributed by atoms with Gasteiger partial charge in [0, 0.05) is 6.04 Å². The first-order valence-corrected chi connectivity index (χ1v) is 4.31. The fourth-order valence-corrected chi connectivity index (χ4v) is 1.64. The van der Waals surface area contributed by atoms with Crippen LogP contribution < -0.4 is 5.32 Å². The lowest BCUT2D eigenvalue weighted by Gasteiger charge is -2.19. The molecule has 0 bridgehead atoms. The summed E-state index contributed by atoms with van der Waals surface area (Å²) in [4.78, 5) is 0. The van der Waals surface area contributed by atoms with Gasteiger partial charge in [-0.25, -0.2) is 0 Å². The van der Waals surface area contributed by atoms with Crippen LogP contribution in [-0.2, 0) is 0 Å². The molecule has 0 aliphatic carbocycles. The molecule has 1 saturated heterocycles. The van der Waals surface area contributed by atoms with Gasteiger partial charge in [-0.05, 0) is 5.92 Å². The van der Waals surface area contributed by atoms with Crippen LogP contribution in [0.25, 0.3) is 0 Å². The molecule has 1 aliphatic heterocycles. The summed E-state index contributed by atoms with van der Waals surface area (Å²) in [7, 11) is 0. The third-order valence-corrected chi connectivity index (χ3v) is 2.45. The lowest BCUT2D eigenvalue weighted by Crippen LogP contribution is -2.38. The molecule has 1 fully saturated rings. The summed E-state index contributed by atoms with van der Waals surface area (Å²) in [5, 5.41) is 30.7. The molecule has 4 nitrogen and oxygen atoms in total. The van der Waals surface area contributed by atoms with E-state index in [1.165, 1.54) is 0 Å². The molecule has 0 radical (unpaired) electrons. The van der Waals surface area contributed by atoms with Crippen LogP contribution in [0.15, 0.2) is 0 Å². The number of nitrogens with one attached hydrogen (secondary N) is 1. The molecule has 0 aromatic carbocycles. The highest BCUT2D eigenvalue weighted by Crippen LogP contribution is 2.19. The normalized spacial score (nSPS) is 42.5. The van der Waals surface area contributed by atoms with Crippen molar-refractivity contribution in [2.45, 2.75) is 38.1 Å². The number of aliphatic hydroxyl groups is 3. The number of aliphatic hydroxyl groups excluding tert-OH is 3. The van der Waals surface area contributed by atoms with E-state index in [-0.39, 0.29) is 24.6 Å².